The van der Waals surface area contributed by atoms with Gasteiger partial charge in [-0.15, -0.1) is 0 Å². The molecule has 4 nitrogen and oxygen atoms in total. The Hall–Kier alpha value is -1.30. The number of hydrogen-bond donors (Lipinski definition) is 2. The molecule has 1 atom stereocenters. The van der Waals surface area contributed by atoms with E-state index in [2.05, 4.69) is 31.2 Å². The molecule has 1 aromatic heterocycles. The average molecular weight is 322 g/mol. The van der Waals surface area contributed by atoms with Crippen molar-refractivity contribution in [3.8, 4) is 0 Å². The predicted octanol–water partition coefficient (Wildman–Crippen LogP) is 2.37. The van der Waals surface area contributed by atoms with E-state index in [1.807, 2.05) is 31.2 Å². The van der Waals surface area contributed by atoms with Gasteiger partial charge in [0, 0.05) is 23.4 Å². The lowest BCUT2D eigenvalue weighted by Gasteiger charge is -2.13. The van der Waals surface area contributed by atoms with Crippen LogP contribution in [0.2, 0.25) is 0 Å². The summed E-state index contributed by atoms with van der Waals surface area (Å²) in [6, 6.07) is 7.65. The van der Waals surface area contributed by atoms with Crippen molar-refractivity contribution >= 4 is 15.9 Å². The van der Waals surface area contributed by atoms with Crippen molar-refractivity contribution in [3.05, 3.63) is 58.1 Å². The molecule has 2 rings (SSSR count). The van der Waals surface area contributed by atoms with E-state index in [4.69, 9.17) is 0 Å². The highest BCUT2D eigenvalue weighted by Gasteiger charge is 2.10. The van der Waals surface area contributed by atoms with Crippen molar-refractivity contribution in [2.45, 2.75) is 19.6 Å². The van der Waals surface area contributed by atoms with Crippen LogP contribution in [0.15, 0.2) is 41.1 Å². The molecule has 100 valence electrons. The lowest BCUT2D eigenvalue weighted by molar-refractivity contribution is 0.173. The number of aliphatic hydroxyl groups is 1. The van der Waals surface area contributed by atoms with Gasteiger partial charge in [-0.3, -0.25) is 0 Å². The van der Waals surface area contributed by atoms with Crippen molar-refractivity contribution in [1.29, 1.82) is 0 Å². The van der Waals surface area contributed by atoms with Crippen LogP contribution in [0, 0.1) is 6.92 Å². The molecule has 0 aliphatic rings. The first-order chi connectivity index (χ1) is 9.16. The molecule has 1 heterocycles. The first-order valence-electron chi connectivity index (χ1n) is 6.07. The van der Waals surface area contributed by atoms with Crippen LogP contribution in [-0.4, -0.2) is 21.6 Å². The van der Waals surface area contributed by atoms with Gasteiger partial charge in [0.1, 0.15) is 5.82 Å². The van der Waals surface area contributed by atoms with Crippen LogP contribution in [0.5, 0.6) is 0 Å². The van der Waals surface area contributed by atoms with Crippen molar-refractivity contribution in [3.63, 3.8) is 0 Å². The summed E-state index contributed by atoms with van der Waals surface area (Å²) < 4.78 is 0.913. The minimum absolute atomic E-state index is 0.458. The van der Waals surface area contributed by atoms with Crippen LogP contribution >= 0.6 is 15.9 Å². The van der Waals surface area contributed by atoms with Gasteiger partial charge < -0.3 is 10.4 Å². The lowest BCUT2D eigenvalue weighted by Crippen LogP contribution is -2.22. The second kappa shape index (κ2) is 6.75. The van der Waals surface area contributed by atoms with Gasteiger partial charge in [0.2, 0.25) is 0 Å². The summed E-state index contributed by atoms with van der Waals surface area (Å²) in [6.07, 6.45) is 3.02. The Morgan fingerprint density at radius 3 is 2.63 bits per heavy atom. The van der Waals surface area contributed by atoms with Gasteiger partial charge in [-0.05, 0) is 24.1 Å². The molecule has 0 saturated heterocycles. The van der Waals surface area contributed by atoms with Gasteiger partial charge >= 0.3 is 0 Å². The molecule has 0 radical (unpaired) electrons. The highest BCUT2D eigenvalue weighted by atomic mass is 79.9. The fraction of sp³-hybridized carbons (Fsp3) is 0.286. The number of aromatic nitrogens is 2. The molecule has 1 unspecified atom stereocenters. The summed E-state index contributed by atoms with van der Waals surface area (Å²) in [6.45, 7) is 2.95. The third-order valence-corrected chi connectivity index (χ3v) is 3.44. The van der Waals surface area contributed by atoms with E-state index in [1.54, 1.807) is 12.4 Å². The maximum Gasteiger partial charge on any atom is 0.141 e. The summed E-state index contributed by atoms with van der Waals surface area (Å²) in [7, 11) is 0. The van der Waals surface area contributed by atoms with E-state index in [0.29, 0.717) is 13.1 Å². The average Bonchev–Trinajstić information content (AvgIpc) is 2.41. The molecular weight excluding hydrogens is 306 g/mol. The molecule has 0 fully saturated rings. The molecule has 19 heavy (non-hydrogen) atoms. The van der Waals surface area contributed by atoms with Gasteiger partial charge in [0.25, 0.3) is 0 Å². The number of nitrogens with zero attached hydrogens (tertiary/aromatic N) is 2. The summed E-state index contributed by atoms with van der Waals surface area (Å²) in [5.41, 5.74) is 1.91. The highest BCUT2D eigenvalue weighted by Crippen LogP contribution is 2.22. The van der Waals surface area contributed by atoms with Gasteiger partial charge in [-0.2, -0.15) is 0 Å². The normalized spacial score (nSPS) is 12.4. The molecule has 0 aliphatic carbocycles. The first kappa shape index (κ1) is 14.1. The van der Waals surface area contributed by atoms with Crippen LogP contribution in [0.3, 0.4) is 0 Å². The number of aryl methyl sites for hydroxylation is 1. The Morgan fingerprint density at radius 2 is 1.95 bits per heavy atom. The number of benzene rings is 1. The zero-order chi connectivity index (χ0) is 13.7. The summed E-state index contributed by atoms with van der Waals surface area (Å²) >= 11 is 3.43. The Bertz CT molecular complexity index is 530. The quantitative estimate of drug-likeness (QED) is 0.887. The fourth-order valence-corrected chi connectivity index (χ4v) is 2.24. The van der Waals surface area contributed by atoms with Crippen LogP contribution in [0.25, 0.3) is 0 Å². The molecule has 0 bridgehead atoms. The van der Waals surface area contributed by atoms with Crippen LogP contribution < -0.4 is 5.32 Å². The van der Waals surface area contributed by atoms with Crippen molar-refractivity contribution in [2.75, 3.05) is 6.54 Å². The molecule has 0 spiro atoms. The number of hydrogen-bond acceptors (Lipinski definition) is 4. The summed E-state index contributed by atoms with van der Waals surface area (Å²) in [5, 5.41) is 13.2. The van der Waals surface area contributed by atoms with E-state index in [0.717, 1.165) is 21.4 Å². The molecule has 0 saturated carbocycles. The SMILES string of the molecule is Cc1cnc(CNCC(O)c2ccccc2Br)nc1. The molecule has 2 aromatic rings. The third kappa shape index (κ3) is 4.09. The minimum Gasteiger partial charge on any atom is -0.387 e. The molecule has 2 N–H and O–H groups in total. The predicted molar refractivity (Wildman–Crippen MR) is 77.6 cm³/mol. The molecule has 5 heteroatoms. The van der Waals surface area contributed by atoms with Gasteiger partial charge in [-0.25, -0.2) is 9.97 Å². The molecular formula is C14H16BrN3O. The Morgan fingerprint density at radius 1 is 1.26 bits per heavy atom. The zero-order valence-corrected chi connectivity index (χ0v) is 12.3. The zero-order valence-electron chi connectivity index (χ0n) is 10.7. The van der Waals surface area contributed by atoms with Crippen molar-refractivity contribution < 1.29 is 5.11 Å². The van der Waals surface area contributed by atoms with Gasteiger partial charge in [-0.1, -0.05) is 34.1 Å². The number of aliphatic hydroxyl groups excluding tert-OH is 1. The smallest absolute Gasteiger partial charge is 0.141 e. The fourth-order valence-electron chi connectivity index (χ4n) is 1.69. The van der Waals surface area contributed by atoms with Crippen LogP contribution in [0.1, 0.15) is 23.1 Å². The van der Waals surface area contributed by atoms with E-state index in [9.17, 15) is 5.11 Å². The van der Waals surface area contributed by atoms with E-state index in [-0.39, 0.29) is 0 Å². The lowest BCUT2D eigenvalue weighted by atomic mass is 10.1. The summed E-state index contributed by atoms with van der Waals surface area (Å²) in [5.74, 6) is 0.727. The Balaban J connectivity index is 1.86. The monoisotopic (exact) mass is 321 g/mol. The van der Waals surface area contributed by atoms with Crippen LogP contribution in [0.4, 0.5) is 0 Å². The molecule has 0 aliphatic heterocycles. The van der Waals surface area contributed by atoms with Crippen LogP contribution in [-0.2, 0) is 6.54 Å². The van der Waals surface area contributed by atoms with E-state index < -0.39 is 6.10 Å². The Kier molecular flexibility index (Phi) is 5.01. The van der Waals surface area contributed by atoms with Crippen molar-refractivity contribution in [2.24, 2.45) is 0 Å². The number of rotatable bonds is 5. The number of nitrogens with one attached hydrogen (secondary N) is 1. The van der Waals surface area contributed by atoms with Gasteiger partial charge in [0.05, 0.1) is 12.6 Å². The first-order valence-corrected chi connectivity index (χ1v) is 6.87. The largest absolute Gasteiger partial charge is 0.387 e. The summed E-state index contributed by atoms with van der Waals surface area (Å²) in [4.78, 5) is 8.40. The highest BCUT2D eigenvalue weighted by molar-refractivity contribution is 9.10. The van der Waals surface area contributed by atoms with E-state index >= 15 is 0 Å². The number of halogens is 1. The molecule has 1 aromatic carbocycles. The standard InChI is InChI=1S/C14H16BrN3O/c1-10-6-17-14(18-7-10)9-16-8-13(19)11-4-2-3-5-12(11)15/h2-7,13,16,19H,8-9H2,1H3. The minimum atomic E-state index is -0.555. The second-order valence-corrected chi connectivity index (χ2v) is 5.20. The Labute approximate surface area is 121 Å². The van der Waals surface area contributed by atoms with Gasteiger partial charge in [0.15, 0.2) is 0 Å². The maximum absolute atomic E-state index is 10.1. The third-order valence-electron chi connectivity index (χ3n) is 2.72. The van der Waals surface area contributed by atoms with E-state index in [1.165, 1.54) is 0 Å². The second-order valence-electron chi connectivity index (χ2n) is 4.34. The maximum atomic E-state index is 10.1. The van der Waals surface area contributed by atoms with Crippen molar-refractivity contribution in [1.82, 2.24) is 15.3 Å². The topological polar surface area (TPSA) is 58.0 Å². The molecule has 0 amide bonds.